The summed E-state index contributed by atoms with van der Waals surface area (Å²) in [4.78, 5) is 30.3. The number of aryl methyl sites for hydroxylation is 1. The van der Waals surface area contributed by atoms with E-state index in [1.54, 1.807) is 0 Å². The normalized spacial score (nSPS) is 11.4. The van der Waals surface area contributed by atoms with Crippen molar-refractivity contribution in [2.24, 2.45) is 0 Å². The van der Waals surface area contributed by atoms with Crippen LogP contribution < -0.4 is 17.0 Å². The third-order valence-electron chi connectivity index (χ3n) is 5.03. The number of aromatic nitrogens is 2. The van der Waals surface area contributed by atoms with Gasteiger partial charge in [-0.25, -0.2) is 14.5 Å². The lowest BCUT2D eigenvalue weighted by Crippen LogP contribution is -2.29. The smallest absolute Gasteiger partial charge is 0.336 e. The number of nitrogens with two attached hydrogens (primary N) is 1. The van der Waals surface area contributed by atoms with Gasteiger partial charge in [0.15, 0.2) is 5.16 Å². The van der Waals surface area contributed by atoms with Crippen molar-refractivity contribution in [3.63, 3.8) is 0 Å². The molecule has 8 heteroatoms. The molecule has 154 valence electrons. The second kappa shape index (κ2) is 7.72. The first kappa shape index (κ1) is 19.6. The average Bonchev–Trinajstić information content (AvgIpc) is 3.19. The molecule has 2 aromatic carbocycles. The molecular formula is C23H17N3O3S2. The van der Waals surface area contributed by atoms with Crippen molar-refractivity contribution in [1.82, 2.24) is 9.66 Å². The third kappa shape index (κ3) is 3.54. The Hall–Kier alpha value is -3.36. The molecule has 0 aliphatic heterocycles. The number of hydrogen-bond donors (Lipinski definition) is 1. The molecule has 0 spiro atoms. The van der Waals surface area contributed by atoms with Gasteiger partial charge in [-0.3, -0.25) is 4.79 Å². The van der Waals surface area contributed by atoms with Crippen LogP contribution in [0.15, 0.2) is 79.1 Å². The van der Waals surface area contributed by atoms with Crippen LogP contribution in [0.4, 0.5) is 0 Å². The molecule has 0 saturated carbocycles. The van der Waals surface area contributed by atoms with E-state index in [0.717, 1.165) is 32.3 Å². The molecule has 3 heterocycles. The summed E-state index contributed by atoms with van der Waals surface area (Å²) in [6.45, 7) is 1.94. The Labute approximate surface area is 184 Å². The third-order valence-corrected chi connectivity index (χ3v) is 6.91. The molecule has 0 aliphatic rings. The molecule has 0 bridgehead atoms. The number of fused-ring (bicyclic) bond motifs is 2. The van der Waals surface area contributed by atoms with Crippen molar-refractivity contribution in [2.75, 3.05) is 5.84 Å². The number of hydrogen-bond acceptors (Lipinski definition) is 7. The SMILES string of the molecule is Cc1ccc2c(CSc3nc4scc(-c5ccccc5)c4c(=O)n3N)cc(=O)oc2c1. The van der Waals surface area contributed by atoms with Crippen LogP contribution in [0.25, 0.3) is 32.3 Å². The lowest BCUT2D eigenvalue weighted by molar-refractivity contribution is 0.559. The van der Waals surface area contributed by atoms with Gasteiger partial charge in [-0.2, -0.15) is 0 Å². The van der Waals surface area contributed by atoms with Gasteiger partial charge in [-0.15, -0.1) is 11.3 Å². The second-order valence-corrected chi connectivity index (χ2v) is 8.94. The zero-order chi connectivity index (χ0) is 21.5. The van der Waals surface area contributed by atoms with Gasteiger partial charge in [0, 0.05) is 28.1 Å². The van der Waals surface area contributed by atoms with Gasteiger partial charge in [-0.05, 0) is 29.7 Å². The number of rotatable bonds is 4. The topological polar surface area (TPSA) is 91.1 Å². The van der Waals surface area contributed by atoms with Crippen LogP contribution in [0.5, 0.6) is 0 Å². The standard InChI is InChI=1S/C23H17N3O3S2/c1-13-7-8-16-15(10-19(27)29-18(16)9-13)11-31-23-25-21-20(22(28)26(23)24)17(12-30-21)14-5-3-2-4-6-14/h2-10,12H,11,24H2,1H3. The minimum Gasteiger partial charge on any atom is -0.423 e. The van der Waals surface area contributed by atoms with Crippen LogP contribution >= 0.6 is 23.1 Å². The first-order chi connectivity index (χ1) is 15.0. The predicted octanol–water partition coefficient (Wildman–Crippen LogP) is 4.55. The minimum atomic E-state index is -0.409. The van der Waals surface area contributed by atoms with Gasteiger partial charge in [0.2, 0.25) is 0 Å². The minimum absolute atomic E-state index is 0.291. The fourth-order valence-electron chi connectivity index (χ4n) is 3.52. The number of benzene rings is 2. The van der Waals surface area contributed by atoms with Gasteiger partial charge < -0.3 is 10.3 Å². The molecule has 31 heavy (non-hydrogen) atoms. The summed E-state index contributed by atoms with van der Waals surface area (Å²) in [6.07, 6.45) is 0. The number of thiophene rings is 1. The summed E-state index contributed by atoms with van der Waals surface area (Å²) >= 11 is 2.73. The maximum absolute atomic E-state index is 13.0. The van der Waals surface area contributed by atoms with E-state index in [2.05, 4.69) is 4.98 Å². The maximum atomic E-state index is 13.0. The highest BCUT2D eigenvalue weighted by Crippen LogP contribution is 2.32. The Kier molecular flexibility index (Phi) is 4.88. The molecule has 0 aliphatic carbocycles. The predicted molar refractivity (Wildman–Crippen MR) is 126 cm³/mol. The molecule has 0 saturated heterocycles. The molecule has 0 atom stereocenters. The van der Waals surface area contributed by atoms with Crippen molar-refractivity contribution in [2.45, 2.75) is 17.8 Å². The summed E-state index contributed by atoms with van der Waals surface area (Å²) in [5, 5.41) is 3.70. The maximum Gasteiger partial charge on any atom is 0.336 e. The van der Waals surface area contributed by atoms with Crippen molar-refractivity contribution in [1.29, 1.82) is 0 Å². The monoisotopic (exact) mass is 447 g/mol. The molecule has 3 aromatic heterocycles. The molecule has 0 unspecified atom stereocenters. The molecule has 5 rings (SSSR count). The lowest BCUT2D eigenvalue weighted by atomic mass is 10.1. The second-order valence-electron chi connectivity index (χ2n) is 7.14. The van der Waals surface area contributed by atoms with Gasteiger partial charge >= 0.3 is 5.63 Å². The first-order valence-corrected chi connectivity index (χ1v) is 11.4. The summed E-state index contributed by atoms with van der Waals surface area (Å²) in [5.74, 6) is 6.55. The molecule has 2 N–H and O–H groups in total. The summed E-state index contributed by atoms with van der Waals surface area (Å²) < 4.78 is 6.41. The van der Waals surface area contributed by atoms with Crippen molar-refractivity contribution < 1.29 is 4.42 Å². The lowest BCUT2D eigenvalue weighted by Gasteiger charge is -2.09. The highest BCUT2D eigenvalue weighted by Gasteiger charge is 2.17. The van der Waals surface area contributed by atoms with E-state index in [0.29, 0.717) is 26.7 Å². The summed E-state index contributed by atoms with van der Waals surface area (Å²) in [6, 6.07) is 16.9. The number of nitrogens with zero attached hydrogens (tertiary/aromatic N) is 2. The Morgan fingerprint density at radius 1 is 1.13 bits per heavy atom. The highest BCUT2D eigenvalue weighted by atomic mass is 32.2. The zero-order valence-electron chi connectivity index (χ0n) is 16.5. The van der Waals surface area contributed by atoms with E-state index in [4.69, 9.17) is 10.3 Å². The number of thioether (sulfide) groups is 1. The Balaban J connectivity index is 1.54. The van der Waals surface area contributed by atoms with E-state index in [-0.39, 0.29) is 5.56 Å². The van der Waals surface area contributed by atoms with E-state index in [1.807, 2.05) is 60.8 Å². The quantitative estimate of drug-likeness (QED) is 0.188. The molecular weight excluding hydrogens is 430 g/mol. The van der Waals surface area contributed by atoms with Crippen LogP contribution in [0.2, 0.25) is 0 Å². The largest absolute Gasteiger partial charge is 0.423 e. The van der Waals surface area contributed by atoms with E-state index >= 15 is 0 Å². The van der Waals surface area contributed by atoms with Crippen molar-refractivity contribution >= 4 is 44.3 Å². The molecule has 0 fully saturated rings. The molecule has 0 radical (unpaired) electrons. The molecule has 6 nitrogen and oxygen atoms in total. The first-order valence-electron chi connectivity index (χ1n) is 9.52. The molecule has 5 aromatic rings. The summed E-state index contributed by atoms with van der Waals surface area (Å²) in [7, 11) is 0. The Morgan fingerprint density at radius 2 is 1.94 bits per heavy atom. The Morgan fingerprint density at radius 3 is 2.74 bits per heavy atom. The van der Waals surface area contributed by atoms with Gasteiger partial charge in [0.1, 0.15) is 10.4 Å². The van der Waals surface area contributed by atoms with Gasteiger partial charge in [0.25, 0.3) is 5.56 Å². The van der Waals surface area contributed by atoms with Gasteiger partial charge in [-0.1, -0.05) is 54.2 Å². The van der Waals surface area contributed by atoms with E-state index < -0.39 is 5.63 Å². The van der Waals surface area contributed by atoms with Crippen LogP contribution in [0.3, 0.4) is 0 Å². The number of nitrogen functional groups attached to an aromatic ring is 1. The summed E-state index contributed by atoms with van der Waals surface area (Å²) in [5.41, 5.74) is 3.44. The highest BCUT2D eigenvalue weighted by molar-refractivity contribution is 7.98. The van der Waals surface area contributed by atoms with Crippen LogP contribution in [0, 0.1) is 6.92 Å². The van der Waals surface area contributed by atoms with E-state index in [9.17, 15) is 9.59 Å². The fourth-order valence-corrected chi connectivity index (χ4v) is 5.41. The van der Waals surface area contributed by atoms with E-state index in [1.165, 1.54) is 29.2 Å². The molecule has 0 amide bonds. The fraction of sp³-hybridized carbons (Fsp3) is 0.0870. The van der Waals surface area contributed by atoms with Crippen LogP contribution in [-0.2, 0) is 5.75 Å². The Bertz CT molecular complexity index is 1550. The van der Waals surface area contributed by atoms with Crippen LogP contribution in [-0.4, -0.2) is 9.66 Å². The van der Waals surface area contributed by atoms with Crippen molar-refractivity contribution in [3.8, 4) is 11.1 Å². The average molecular weight is 448 g/mol. The van der Waals surface area contributed by atoms with Crippen molar-refractivity contribution in [3.05, 3.63) is 91.9 Å². The van der Waals surface area contributed by atoms with Gasteiger partial charge in [0.05, 0.1) is 5.39 Å². The zero-order valence-corrected chi connectivity index (χ0v) is 18.1. The van der Waals surface area contributed by atoms with Crippen LogP contribution in [0.1, 0.15) is 11.1 Å².